The second-order valence-corrected chi connectivity index (χ2v) is 3.05. The molecular weight excluding hydrogens is 200 g/mol. The van der Waals surface area contributed by atoms with Crippen molar-refractivity contribution in [2.45, 2.75) is 27.1 Å². The molecule has 0 radical (unpaired) electrons. The molecule has 0 spiro atoms. The van der Waals surface area contributed by atoms with E-state index in [4.69, 9.17) is 14.3 Å². The van der Waals surface area contributed by atoms with Gasteiger partial charge in [0.15, 0.2) is 5.43 Å². The summed E-state index contributed by atoms with van der Waals surface area (Å²) >= 11 is 0. The van der Waals surface area contributed by atoms with E-state index < -0.39 is 5.97 Å². The Hall–Kier alpha value is -1.62. The smallest absolute Gasteiger partial charge is 0.302 e. The largest absolute Gasteiger partial charge is 0.463 e. The first-order chi connectivity index (χ1) is 7.04. The number of esters is 1. The predicted octanol–water partition coefficient (Wildman–Crippen LogP) is 0.504. The van der Waals surface area contributed by atoms with Crippen LogP contribution in [0, 0.1) is 6.92 Å². The Bertz CT molecular complexity index is 418. The maximum absolute atomic E-state index is 11.5. The van der Waals surface area contributed by atoms with E-state index >= 15 is 0 Å². The van der Waals surface area contributed by atoms with Crippen LogP contribution >= 0.6 is 0 Å². The van der Waals surface area contributed by atoms with Gasteiger partial charge in [-0.15, -0.1) is 0 Å². The number of hydrogen-bond acceptors (Lipinski definition) is 5. The van der Waals surface area contributed by atoms with Gasteiger partial charge in [-0.3, -0.25) is 9.59 Å². The molecular formula is C10H12O5. The quantitative estimate of drug-likeness (QED) is 0.738. The normalized spacial score (nSPS) is 10.1. The Morgan fingerprint density at radius 2 is 2.27 bits per heavy atom. The Kier molecular flexibility index (Phi) is 3.62. The molecule has 1 rings (SSSR count). The average Bonchev–Trinajstić information content (AvgIpc) is 2.15. The number of aliphatic hydroxyl groups is 1. The van der Waals surface area contributed by atoms with E-state index in [0.717, 1.165) is 0 Å². The highest BCUT2D eigenvalue weighted by Gasteiger charge is 2.09. The number of aliphatic hydroxyl groups excluding tert-OH is 1. The second-order valence-electron chi connectivity index (χ2n) is 3.05. The molecule has 0 saturated carbocycles. The van der Waals surface area contributed by atoms with Crippen LogP contribution in [0.25, 0.3) is 0 Å². The standard InChI is InChI=1S/C10H12O5/c1-6-9(5-14-7(2)12)10(13)3-8(4-11)15-6/h3,11H,4-5H2,1-2H3. The van der Waals surface area contributed by atoms with E-state index in [1.54, 1.807) is 6.92 Å². The van der Waals surface area contributed by atoms with E-state index in [1.807, 2.05) is 0 Å². The highest BCUT2D eigenvalue weighted by molar-refractivity contribution is 5.65. The van der Waals surface area contributed by atoms with E-state index in [1.165, 1.54) is 13.0 Å². The Morgan fingerprint density at radius 3 is 2.73 bits per heavy atom. The minimum Gasteiger partial charge on any atom is -0.463 e. The van der Waals surface area contributed by atoms with Crippen LogP contribution in [0.5, 0.6) is 0 Å². The van der Waals surface area contributed by atoms with Crippen LogP contribution in [-0.2, 0) is 22.7 Å². The van der Waals surface area contributed by atoms with Crippen LogP contribution in [0.1, 0.15) is 24.0 Å². The third-order valence-electron chi connectivity index (χ3n) is 1.87. The van der Waals surface area contributed by atoms with Gasteiger partial charge in [-0.2, -0.15) is 0 Å². The molecule has 1 heterocycles. The first kappa shape index (κ1) is 11.5. The summed E-state index contributed by atoms with van der Waals surface area (Å²) in [4.78, 5) is 22.0. The lowest BCUT2D eigenvalue weighted by Crippen LogP contribution is -2.14. The van der Waals surface area contributed by atoms with Crippen LogP contribution in [0.4, 0.5) is 0 Å². The summed E-state index contributed by atoms with van der Waals surface area (Å²) in [7, 11) is 0. The zero-order chi connectivity index (χ0) is 11.4. The van der Waals surface area contributed by atoms with Crippen molar-refractivity contribution in [3.05, 3.63) is 33.4 Å². The van der Waals surface area contributed by atoms with Crippen LogP contribution in [0.15, 0.2) is 15.3 Å². The molecule has 0 atom stereocenters. The van der Waals surface area contributed by atoms with Gasteiger partial charge in [0.05, 0.1) is 5.56 Å². The average molecular weight is 212 g/mol. The van der Waals surface area contributed by atoms with Crippen LogP contribution in [-0.4, -0.2) is 11.1 Å². The highest BCUT2D eigenvalue weighted by atomic mass is 16.5. The fourth-order valence-electron chi connectivity index (χ4n) is 1.12. The summed E-state index contributed by atoms with van der Waals surface area (Å²) in [5.74, 6) is 0.0944. The summed E-state index contributed by atoms with van der Waals surface area (Å²) in [5.41, 5.74) is -0.00792. The number of carbonyl (C=O) groups is 1. The van der Waals surface area contributed by atoms with Gasteiger partial charge in [-0.05, 0) is 6.92 Å². The van der Waals surface area contributed by atoms with Gasteiger partial charge < -0.3 is 14.3 Å². The van der Waals surface area contributed by atoms with Gasteiger partial charge in [-0.25, -0.2) is 0 Å². The molecule has 15 heavy (non-hydrogen) atoms. The van der Waals surface area contributed by atoms with Crippen molar-refractivity contribution >= 4 is 5.97 Å². The van der Waals surface area contributed by atoms with Crippen molar-refractivity contribution < 1.29 is 19.1 Å². The first-order valence-corrected chi connectivity index (χ1v) is 4.41. The van der Waals surface area contributed by atoms with Crippen molar-refractivity contribution in [1.29, 1.82) is 0 Å². The zero-order valence-electron chi connectivity index (χ0n) is 8.57. The van der Waals surface area contributed by atoms with Gasteiger partial charge >= 0.3 is 5.97 Å². The minimum atomic E-state index is -0.458. The van der Waals surface area contributed by atoms with Gasteiger partial charge in [0.1, 0.15) is 24.7 Å². The van der Waals surface area contributed by atoms with Crippen molar-refractivity contribution in [2.24, 2.45) is 0 Å². The summed E-state index contributed by atoms with van der Waals surface area (Å²) in [6.07, 6.45) is 0. The predicted molar refractivity (Wildman–Crippen MR) is 51.1 cm³/mol. The van der Waals surface area contributed by atoms with Crippen LogP contribution in [0.3, 0.4) is 0 Å². The van der Waals surface area contributed by atoms with Crippen molar-refractivity contribution in [3.8, 4) is 0 Å². The van der Waals surface area contributed by atoms with Gasteiger partial charge in [0, 0.05) is 13.0 Å². The van der Waals surface area contributed by atoms with E-state index in [-0.39, 0.29) is 24.4 Å². The maximum Gasteiger partial charge on any atom is 0.302 e. The van der Waals surface area contributed by atoms with Crippen LogP contribution < -0.4 is 5.43 Å². The summed E-state index contributed by atoms with van der Waals surface area (Å²) in [6.45, 7) is 2.41. The third-order valence-corrected chi connectivity index (χ3v) is 1.87. The monoisotopic (exact) mass is 212 g/mol. The number of hydrogen-bond donors (Lipinski definition) is 1. The first-order valence-electron chi connectivity index (χ1n) is 4.41. The lowest BCUT2D eigenvalue weighted by Gasteiger charge is -2.05. The minimum absolute atomic E-state index is 0.102. The number of carbonyl (C=O) groups excluding carboxylic acids is 1. The van der Waals surface area contributed by atoms with Crippen molar-refractivity contribution in [2.75, 3.05) is 0 Å². The molecule has 5 heteroatoms. The van der Waals surface area contributed by atoms with E-state index in [2.05, 4.69) is 0 Å². The van der Waals surface area contributed by atoms with Crippen LogP contribution in [0.2, 0.25) is 0 Å². The van der Waals surface area contributed by atoms with E-state index in [0.29, 0.717) is 11.3 Å². The molecule has 1 N–H and O–H groups in total. The summed E-state index contributed by atoms with van der Waals surface area (Å²) < 4.78 is 9.83. The molecule has 0 aliphatic carbocycles. The molecule has 0 amide bonds. The summed E-state index contributed by atoms with van der Waals surface area (Å²) in [6, 6.07) is 1.19. The molecule has 0 unspecified atom stereocenters. The third kappa shape index (κ3) is 2.92. The molecule has 1 aromatic rings. The Labute approximate surface area is 86.3 Å². The fraction of sp³-hybridized carbons (Fsp3) is 0.400. The molecule has 5 nitrogen and oxygen atoms in total. The lowest BCUT2D eigenvalue weighted by atomic mass is 10.2. The van der Waals surface area contributed by atoms with Crippen molar-refractivity contribution in [3.63, 3.8) is 0 Å². The number of rotatable bonds is 3. The molecule has 82 valence electrons. The molecule has 0 saturated heterocycles. The maximum atomic E-state index is 11.5. The molecule has 0 aliphatic heterocycles. The second kappa shape index (κ2) is 4.75. The van der Waals surface area contributed by atoms with E-state index in [9.17, 15) is 9.59 Å². The Morgan fingerprint density at radius 1 is 1.60 bits per heavy atom. The van der Waals surface area contributed by atoms with Gasteiger partial charge in [0.2, 0.25) is 0 Å². The fourth-order valence-corrected chi connectivity index (χ4v) is 1.12. The molecule has 1 aromatic heterocycles. The molecule has 0 aliphatic rings. The summed E-state index contributed by atoms with van der Waals surface area (Å²) in [5, 5.41) is 8.78. The van der Waals surface area contributed by atoms with Gasteiger partial charge in [0.25, 0.3) is 0 Å². The number of aryl methyl sites for hydroxylation is 1. The topological polar surface area (TPSA) is 76.7 Å². The van der Waals surface area contributed by atoms with Crippen molar-refractivity contribution in [1.82, 2.24) is 0 Å². The molecule has 0 bridgehead atoms. The zero-order valence-corrected chi connectivity index (χ0v) is 8.57. The molecule has 0 fully saturated rings. The van der Waals surface area contributed by atoms with Gasteiger partial charge in [-0.1, -0.05) is 0 Å². The Balaban J connectivity index is 2.98. The number of ether oxygens (including phenoxy) is 1. The molecule has 0 aromatic carbocycles. The highest BCUT2D eigenvalue weighted by Crippen LogP contribution is 2.07. The SMILES string of the molecule is CC(=O)OCc1c(C)oc(CO)cc1=O. The lowest BCUT2D eigenvalue weighted by molar-refractivity contribution is -0.142.